The molecule has 1 saturated heterocycles. The lowest BCUT2D eigenvalue weighted by atomic mass is 9.90. The minimum atomic E-state index is -0.153. The first kappa shape index (κ1) is 20.7. The van der Waals surface area contributed by atoms with Crippen LogP contribution in [0.15, 0.2) is 53.2 Å². The summed E-state index contributed by atoms with van der Waals surface area (Å²) in [5.41, 5.74) is 3.07. The maximum absolute atomic E-state index is 12.5. The number of pyridine rings is 1. The number of fused-ring (bicyclic) bond motifs is 1. The zero-order valence-electron chi connectivity index (χ0n) is 18.3. The summed E-state index contributed by atoms with van der Waals surface area (Å²) in [6, 6.07) is 11.7. The van der Waals surface area contributed by atoms with Gasteiger partial charge in [0, 0.05) is 37.3 Å². The molecule has 2 aliphatic rings. The maximum atomic E-state index is 12.5. The van der Waals surface area contributed by atoms with Crippen LogP contribution in [0.5, 0.6) is 0 Å². The van der Waals surface area contributed by atoms with E-state index in [2.05, 4.69) is 32.7 Å². The molecule has 2 fully saturated rings. The van der Waals surface area contributed by atoms with Crippen LogP contribution < -0.4 is 10.6 Å². The second-order valence-corrected chi connectivity index (χ2v) is 9.16. The third kappa shape index (κ3) is 4.39. The Morgan fingerprint density at radius 1 is 1.22 bits per heavy atom. The lowest BCUT2D eigenvalue weighted by molar-refractivity contribution is -0.114. The average molecular weight is 433 g/mol. The van der Waals surface area contributed by atoms with Crippen molar-refractivity contribution in [2.24, 2.45) is 11.3 Å². The molecule has 1 saturated carbocycles. The summed E-state index contributed by atoms with van der Waals surface area (Å²) in [6.45, 7) is 5.24. The van der Waals surface area contributed by atoms with E-state index in [9.17, 15) is 9.59 Å². The molecule has 1 aliphatic heterocycles. The number of furan rings is 1. The minimum absolute atomic E-state index is 0.0498. The van der Waals surface area contributed by atoms with Gasteiger partial charge in [0.25, 0.3) is 5.91 Å². The van der Waals surface area contributed by atoms with Crippen LogP contribution in [0.3, 0.4) is 0 Å². The van der Waals surface area contributed by atoms with Gasteiger partial charge in [0.05, 0.1) is 6.20 Å². The van der Waals surface area contributed by atoms with Crippen LogP contribution in [0.1, 0.15) is 42.3 Å². The Morgan fingerprint density at radius 2 is 2.06 bits per heavy atom. The predicted octanol–water partition coefficient (Wildman–Crippen LogP) is 3.82. The summed E-state index contributed by atoms with van der Waals surface area (Å²) in [6.07, 6.45) is 6.83. The van der Waals surface area contributed by atoms with E-state index >= 15 is 0 Å². The number of piperidine rings is 1. The molecular weight excluding hydrogens is 404 g/mol. The fourth-order valence-corrected chi connectivity index (χ4v) is 5.00. The SMILES string of the molecule is CC(=O)Nc1cccc(CN2CCC3(CC2)CC3CNC(=O)c2cc3ccncc3o2)c1. The molecule has 3 heterocycles. The van der Waals surface area contributed by atoms with Crippen LogP contribution in [-0.2, 0) is 11.3 Å². The third-order valence-corrected chi connectivity index (χ3v) is 6.92. The molecule has 5 rings (SSSR count). The summed E-state index contributed by atoms with van der Waals surface area (Å²) in [7, 11) is 0. The maximum Gasteiger partial charge on any atom is 0.287 e. The molecule has 2 aromatic heterocycles. The first-order chi connectivity index (χ1) is 15.5. The molecule has 1 unspecified atom stereocenters. The van der Waals surface area contributed by atoms with Crippen molar-refractivity contribution < 1.29 is 14.0 Å². The van der Waals surface area contributed by atoms with Crippen LogP contribution in [-0.4, -0.2) is 41.3 Å². The number of nitrogens with one attached hydrogen (secondary N) is 2. The van der Waals surface area contributed by atoms with Gasteiger partial charge in [-0.15, -0.1) is 0 Å². The predicted molar refractivity (Wildman–Crippen MR) is 122 cm³/mol. The number of nitrogens with zero attached hydrogens (tertiary/aromatic N) is 2. The van der Waals surface area contributed by atoms with Crippen LogP contribution in [0, 0.1) is 11.3 Å². The van der Waals surface area contributed by atoms with E-state index in [1.165, 1.54) is 18.9 Å². The molecule has 0 radical (unpaired) electrons. The molecule has 2 amide bonds. The number of hydrogen-bond acceptors (Lipinski definition) is 5. The normalized spacial score (nSPS) is 19.7. The van der Waals surface area contributed by atoms with E-state index in [1.54, 1.807) is 18.5 Å². The number of aromatic nitrogens is 1. The summed E-state index contributed by atoms with van der Waals surface area (Å²) in [5, 5.41) is 6.81. The largest absolute Gasteiger partial charge is 0.449 e. The first-order valence-corrected chi connectivity index (χ1v) is 11.2. The van der Waals surface area contributed by atoms with E-state index < -0.39 is 0 Å². The summed E-state index contributed by atoms with van der Waals surface area (Å²) in [4.78, 5) is 30.3. The Morgan fingerprint density at radius 3 is 2.84 bits per heavy atom. The Labute approximate surface area is 187 Å². The second kappa shape index (κ2) is 8.39. The number of hydrogen-bond donors (Lipinski definition) is 2. The van der Waals surface area contributed by atoms with Gasteiger partial charge < -0.3 is 15.1 Å². The van der Waals surface area contributed by atoms with Gasteiger partial charge in [0.1, 0.15) is 0 Å². The van der Waals surface area contributed by atoms with Gasteiger partial charge in [-0.2, -0.15) is 0 Å². The number of carbonyl (C=O) groups is 2. The number of amides is 2. The van der Waals surface area contributed by atoms with Crippen molar-refractivity contribution in [3.8, 4) is 0 Å². The Kier molecular flexibility index (Phi) is 5.43. The number of anilines is 1. The lowest BCUT2D eigenvalue weighted by Gasteiger charge is -2.33. The molecule has 166 valence electrons. The van der Waals surface area contributed by atoms with Gasteiger partial charge in [-0.25, -0.2) is 0 Å². The van der Waals surface area contributed by atoms with E-state index in [-0.39, 0.29) is 11.8 Å². The summed E-state index contributed by atoms with van der Waals surface area (Å²) in [5.74, 6) is 0.688. The highest BCUT2D eigenvalue weighted by Gasteiger charge is 2.54. The Balaban J connectivity index is 1.10. The molecule has 0 bridgehead atoms. The van der Waals surface area contributed by atoms with Crippen molar-refractivity contribution in [2.45, 2.75) is 32.7 Å². The number of likely N-dealkylation sites (tertiary alicyclic amines) is 1. The van der Waals surface area contributed by atoms with E-state index in [0.717, 1.165) is 43.5 Å². The molecular formula is C25H28N4O3. The quantitative estimate of drug-likeness (QED) is 0.618. The molecule has 1 spiro atoms. The van der Waals surface area contributed by atoms with E-state index in [1.807, 2.05) is 18.2 Å². The van der Waals surface area contributed by atoms with Crippen LogP contribution in [0.4, 0.5) is 5.69 Å². The zero-order chi connectivity index (χ0) is 22.1. The summed E-state index contributed by atoms with van der Waals surface area (Å²) < 4.78 is 5.62. The van der Waals surface area contributed by atoms with E-state index in [4.69, 9.17) is 4.42 Å². The molecule has 7 nitrogen and oxygen atoms in total. The highest BCUT2D eigenvalue weighted by atomic mass is 16.3. The van der Waals surface area contributed by atoms with Gasteiger partial charge in [-0.3, -0.25) is 19.5 Å². The van der Waals surface area contributed by atoms with Crippen molar-refractivity contribution in [2.75, 3.05) is 25.0 Å². The molecule has 32 heavy (non-hydrogen) atoms. The van der Waals surface area contributed by atoms with E-state index in [0.29, 0.717) is 29.2 Å². The molecule has 7 heteroatoms. The number of benzene rings is 1. The van der Waals surface area contributed by atoms with Crippen LogP contribution in [0.25, 0.3) is 11.0 Å². The van der Waals surface area contributed by atoms with Crippen molar-refractivity contribution in [3.05, 3.63) is 60.1 Å². The second-order valence-electron chi connectivity index (χ2n) is 9.16. The molecule has 1 aromatic carbocycles. The highest BCUT2D eigenvalue weighted by Crippen LogP contribution is 2.59. The van der Waals surface area contributed by atoms with Crippen molar-refractivity contribution in [1.29, 1.82) is 0 Å². The van der Waals surface area contributed by atoms with Gasteiger partial charge >= 0.3 is 0 Å². The van der Waals surface area contributed by atoms with Crippen LogP contribution >= 0.6 is 0 Å². The number of rotatable bonds is 6. The van der Waals surface area contributed by atoms with Gasteiger partial charge in [0.15, 0.2) is 11.3 Å². The summed E-state index contributed by atoms with van der Waals surface area (Å²) >= 11 is 0. The fourth-order valence-electron chi connectivity index (χ4n) is 5.00. The lowest BCUT2D eigenvalue weighted by Crippen LogP contribution is -2.36. The van der Waals surface area contributed by atoms with Gasteiger partial charge in [-0.1, -0.05) is 12.1 Å². The third-order valence-electron chi connectivity index (χ3n) is 6.92. The topological polar surface area (TPSA) is 87.5 Å². The molecule has 3 aromatic rings. The number of carbonyl (C=O) groups excluding carboxylic acids is 2. The van der Waals surface area contributed by atoms with Gasteiger partial charge in [0.2, 0.25) is 5.91 Å². The van der Waals surface area contributed by atoms with Crippen molar-refractivity contribution in [3.63, 3.8) is 0 Å². The Hall–Kier alpha value is -3.19. The standard InChI is InChI=1S/C25H28N4O3/c1-17(30)28-21-4-2-3-18(11-21)16-29-9-6-25(7-10-29)13-20(25)14-27-24(31)22-12-19-5-8-26-15-23(19)32-22/h2-5,8,11-12,15,20H,6-7,9-10,13-14,16H2,1H3,(H,27,31)(H,28,30). The highest BCUT2D eigenvalue weighted by molar-refractivity contribution is 5.95. The zero-order valence-corrected chi connectivity index (χ0v) is 18.3. The smallest absolute Gasteiger partial charge is 0.287 e. The van der Waals surface area contributed by atoms with Crippen molar-refractivity contribution >= 4 is 28.5 Å². The Bertz CT molecular complexity index is 1110. The average Bonchev–Trinajstić information content (AvgIpc) is 3.25. The van der Waals surface area contributed by atoms with Crippen molar-refractivity contribution in [1.82, 2.24) is 15.2 Å². The molecule has 1 atom stereocenters. The first-order valence-electron chi connectivity index (χ1n) is 11.2. The minimum Gasteiger partial charge on any atom is -0.449 e. The van der Waals surface area contributed by atoms with Crippen LogP contribution in [0.2, 0.25) is 0 Å². The molecule has 2 N–H and O–H groups in total. The van der Waals surface area contributed by atoms with Gasteiger partial charge in [-0.05, 0) is 73.5 Å². The molecule has 1 aliphatic carbocycles. The monoisotopic (exact) mass is 432 g/mol. The fraction of sp³-hybridized carbons (Fsp3) is 0.400.